The number of hydrogen-bond acceptors (Lipinski definition) is 6. The number of anilines is 2. The minimum absolute atomic E-state index is 0.000542. The Bertz CT molecular complexity index is 1640. The molecule has 0 saturated heterocycles. The van der Waals surface area contributed by atoms with E-state index < -0.39 is 11.8 Å². The molecule has 8 nitrogen and oxygen atoms in total. The van der Waals surface area contributed by atoms with Gasteiger partial charge in [0.05, 0.1) is 12.4 Å². The van der Waals surface area contributed by atoms with Crippen molar-refractivity contribution in [3.05, 3.63) is 119 Å². The van der Waals surface area contributed by atoms with Gasteiger partial charge in [-0.2, -0.15) is 0 Å². The summed E-state index contributed by atoms with van der Waals surface area (Å²) in [6.07, 6.45) is 2.08. The quantitative estimate of drug-likeness (QED) is 0.114. The van der Waals surface area contributed by atoms with E-state index in [9.17, 15) is 19.5 Å². The summed E-state index contributed by atoms with van der Waals surface area (Å²) in [4.78, 5) is 40.3. The highest BCUT2D eigenvalue weighted by molar-refractivity contribution is 8.00. The molecule has 0 aliphatic heterocycles. The molecule has 220 valence electrons. The monoisotopic (exact) mass is 595 g/mol. The van der Waals surface area contributed by atoms with Crippen LogP contribution in [0.1, 0.15) is 34.8 Å². The normalized spacial score (nSPS) is 11.7. The van der Waals surface area contributed by atoms with E-state index in [-0.39, 0.29) is 22.6 Å². The molecule has 0 radical (unpaired) electrons. The third-order valence-corrected chi connectivity index (χ3v) is 7.72. The second kappa shape index (κ2) is 14.7. The minimum atomic E-state index is -0.564. The van der Waals surface area contributed by atoms with Gasteiger partial charge in [0.25, 0.3) is 11.8 Å². The number of aromatic hydroxyl groups is 1. The number of phenolic OH excluding ortho intramolecular Hbond substituents is 1. The van der Waals surface area contributed by atoms with E-state index in [1.807, 2.05) is 44.2 Å². The molecule has 4 N–H and O–H groups in total. The molecule has 43 heavy (non-hydrogen) atoms. The lowest BCUT2D eigenvalue weighted by atomic mass is 10.1. The van der Waals surface area contributed by atoms with Gasteiger partial charge in [-0.25, -0.2) is 0 Å². The maximum absolute atomic E-state index is 13.5. The van der Waals surface area contributed by atoms with Gasteiger partial charge in [-0.3, -0.25) is 14.4 Å². The zero-order chi connectivity index (χ0) is 30.8. The lowest BCUT2D eigenvalue weighted by Crippen LogP contribution is -2.30. The van der Waals surface area contributed by atoms with E-state index in [1.165, 1.54) is 37.1 Å². The first kappa shape index (κ1) is 30.9. The lowest BCUT2D eigenvalue weighted by molar-refractivity contribution is -0.116. The van der Waals surface area contributed by atoms with E-state index in [1.54, 1.807) is 54.6 Å². The van der Waals surface area contributed by atoms with Gasteiger partial charge in [0.15, 0.2) is 0 Å². The van der Waals surface area contributed by atoms with Crippen LogP contribution >= 0.6 is 11.8 Å². The Kier molecular flexibility index (Phi) is 10.6. The van der Waals surface area contributed by atoms with E-state index in [2.05, 4.69) is 16.0 Å². The van der Waals surface area contributed by atoms with Gasteiger partial charge in [-0.05, 0) is 79.6 Å². The van der Waals surface area contributed by atoms with Crippen LogP contribution in [0, 0.1) is 6.92 Å². The number of phenols is 1. The molecule has 3 amide bonds. The Morgan fingerprint density at radius 3 is 2.30 bits per heavy atom. The standard InChI is InChI=1S/C34H33N3O5S/c1-4-31(34(41)36-25-13-8-10-22(2)18-25)43-28-15-9-14-26(20-28)35-33(40)29(37-32(39)23-11-6-5-7-12-23)19-24-16-17-27(38)21-30(24)42-3/h5-21,31,38H,4H2,1-3H3,(H,35,40)(H,36,41)(H,37,39)/b29-19+. The van der Waals surface area contributed by atoms with Crippen LogP contribution in [0.3, 0.4) is 0 Å². The number of aryl methyl sites for hydroxylation is 1. The van der Waals surface area contributed by atoms with E-state index in [0.717, 1.165) is 16.1 Å². The smallest absolute Gasteiger partial charge is 0.272 e. The summed E-state index contributed by atoms with van der Waals surface area (Å²) in [5.41, 5.74) is 3.12. The van der Waals surface area contributed by atoms with Gasteiger partial charge < -0.3 is 25.8 Å². The van der Waals surface area contributed by atoms with Crippen LogP contribution in [-0.4, -0.2) is 35.2 Å². The average molecular weight is 596 g/mol. The van der Waals surface area contributed by atoms with E-state index >= 15 is 0 Å². The largest absolute Gasteiger partial charge is 0.508 e. The Morgan fingerprint density at radius 1 is 0.884 bits per heavy atom. The predicted octanol–water partition coefficient (Wildman–Crippen LogP) is 6.63. The molecule has 4 aromatic carbocycles. The summed E-state index contributed by atoms with van der Waals surface area (Å²) in [6, 6.07) is 27.8. The molecule has 0 aliphatic rings. The topological polar surface area (TPSA) is 117 Å². The summed E-state index contributed by atoms with van der Waals surface area (Å²) in [7, 11) is 1.45. The molecule has 0 fully saturated rings. The van der Waals surface area contributed by atoms with E-state index in [0.29, 0.717) is 29.0 Å². The second-order valence-electron chi connectivity index (χ2n) is 9.66. The van der Waals surface area contributed by atoms with Crippen LogP contribution in [-0.2, 0) is 9.59 Å². The zero-order valence-corrected chi connectivity index (χ0v) is 24.9. The van der Waals surface area contributed by atoms with Crippen molar-refractivity contribution in [2.24, 2.45) is 0 Å². The highest BCUT2D eigenvalue weighted by atomic mass is 32.2. The molecule has 0 spiro atoms. The molecule has 0 heterocycles. The first-order chi connectivity index (χ1) is 20.7. The number of benzene rings is 4. The molecule has 9 heteroatoms. The maximum atomic E-state index is 13.5. The van der Waals surface area contributed by atoms with Crippen molar-refractivity contribution < 1.29 is 24.2 Å². The van der Waals surface area contributed by atoms with Crippen LogP contribution in [0.5, 0.6) is 11.5 Å². The summed E-state index contributed by atoms with van der Waals surface area (Å²) in [5.74, 6) is -0.808. The summed E-state index contributed by atoms with van der Waals surface area (Å²) in [6.45, 7) is 3.92. The van der Waals surface area contributed by atoms with Crippen molar-refractivity contribution >= 4 is 46.9 Å². The summed E-state index contributed by atoms with van der Waals surface area (Å²) >= 11 is 1.40. The third kappa shape index (κ3) is 8.73. The van der Waals surface area contributed by atoms with Crippen LogP contribution in [0.15, 0.2) is 108 Å². The fourth-order valence-corrected chi connectivity index (χ4v) is 5.21. The number of carbonyl (C=O) groups is 3. The molecule has 4 rings (SSSR count). The van der Waals surface area contributed by atoms with Crippen molar-refractivity contribution in [3.63, 3.8) is 0 Å². The van der Waals surface area contributed by atoms with Crippen LogP contribution in [0.2, 0.25) is 0 Å². The number of nitrogens with one attached hydrogen (secondary N) is 3. The van der Waals surface area contributed by atoms with Crippen LogP contribution < -0.4 is 20.7 Å². The average Bonchev–Trinajstić information content (AvgIpc) is 3.00. The molecule has 1 atom stereocenters. The number of rotatable bonds is 11. The molecule has 0 saturated carbocycles. The Balaban J connectivity index is 1.54. The van der Waals surface area contributed by atoms with Crippen molar-refractivity contribution in [2.75, 3.05) is 17.7 Å². The Labute approximate surface area is 255 Å². The highest BCUT2D eigenvalue weighted by Gasteiger charge is 2.20. The number of thioether (sulfide) groups is 1. The third-order valence-electron chi connectivity index (χ3n) is 6.36. The van der Waals surface area contributed by atoms with E-state index in [4.69, 9.17) is 4.74 Å². The molecule has 1 unspecified atom stereocenters. The van der Waals surface area contributed by atoms with Crippen LogP contribution in [0.25, 0.3) is 6.08 Å². The molecular formula is C34H33N3O5S. The lowest BCUT2D eigenvalue weighted by Gasteiger charge is -2.16. The Hall–Kier alpha value is -5.02. The van der Waals surface area contributed by atoms with Crippen molar-refractivity contribution in [3.8, 4) is 11.5 Å². The van der Waals surface area contributed by atoms with Gasteiger partial charge in [0.2, 0.25) is 5.91 Å². The van der Waals surface area contributed by atoms with Crippen LogP contribution in [0.4, 0.5) is 11.4 Å². The van der Waals surface area contributed by atoms with Crippen molar-refractivity contribution in [1.82, 2.24) is 5.32 Å². The molecule has 0 aliphatic carbocycles. The highest BCUT2D eigenvalue weighted by Crippen LogP contribution is 2.29. The number of amides is 3. The van der Waals surface area contributed by atoms with Gasteiger partial charge in [0.1, 0.15) is 17.2 Å². The first-order valence-corrected chi connectivity index (χ1v) is 14.5. The van der Waals surface area contributed by atoms with Gasteiger partial charge in [-0.1, -0.05) is 43.3 Å². The molecule has 4 aromatic rings. The second-order valence-corrected chi connectivity index (χ2v) is 10.9. The zero-order valence-electron chi connectivity index (χ0n) is 24.1. The fraction of sp³-hybridized carbons (Fsp3) is 0.147. The number of carbonyl (C=O) groups excluding carboxylic acids is 3. The number of ether oxygens (including phenoxy) is 1. The summed E-state index contributed by atoms with van der Waals surface area (Å²) in [5, 5.41) is 18.0. The van der Waals surface area contributed by atoms with Gasteiger partial charge in [-0.15, -0.1) is 11.8 Å². The molecular weight excluding hydrogens is 562 g/mol. The SMILES string of the molecule is CCC(Sc1cccc(NC(=O)/C(=C\c2ccc(O)cc2OC)NC(=O)c2ccccc2)c1)C(=O)Nc1cccc(C)c1. The number of hydrogen-bond donors (Lipinski definition) is 4. The predicted molar refractivity (Wildman–Crippen MR) is 171 cm³/mol. The van der Waals surface area contributed by atoms with Crippen molar-refractivity contribution in [2.45, 2.75) is 30.4 Å². The molecule has 0 bridgehead atoms. The fourth-order valence-electron chi connectivity index (χ4n) is 4.19. The maximum Gasteiger partial charge on any atom is 0.272 e. The minimum Gasteiger partial charge on any atom is -0.508 e. The number of methoxy groups -OCH3 is 1. The summed E-state index contributed by atoms with van der Waals surface area (Å²) < 4.78 is 5.36. The van der Waals surface area contributed by atoms with Crippen molar-refractivity contribution in [1.29, 1.82) is 0 Å². The van der Waals surface area contributed by atoms with Gasteiger partial charge in [0, 0.05) is 33.5 Å². The Morgan fingerprint density at radius 2 is 1.60 bits per heavy atom. The first-order valence-electron chi connectivity index (χ1n) is 13.7. The molecule has 0 aromatic heterocycles. The van der Waals surface area contributed by atoms with Gasteiger partial charge >= 0.3 is 0 Å².